The Labute approximate surface area is 139 Å². The van der Waals surface area contributed by atoms with E-state index in [4.69, 9.17) is 14.2 Å². The van der Waals surface area contributed by atoms with Crippen molar-refractivity contribution in [3.05, 3.63) is 53.6 Å². The van der Waals surface area contributed by atoms with E-state index in [2.05, 4.69) is 5.32 Å². The van der Waals surface area contributed by atoms with E-state index in [1.165, 1.54) is 0 Å². The van der Waals surface area contributed by atoms with Crippen molar-refractivity contribution in [3.63, 3.8) is 0 Å². The van der Waals surface area contributed by atoms with Crippen LogP contribution >= 0.6 is 0 Å². The fourth-order valence-electron chi connectivity index (χ4n) is 2.40. The van der Waals surface area contributed by atoms with Crippen LogP contribution in [0.2, 0.25) is 0 Å². The number of ether oxygens (including phenoxy) is 3. The molecular formula is C18H17NO5. The van der Waals surface area contributed by atoms with E-state index in [1.807, 2.05) is 25.1 Å². The molecule has 0 fully saturated rings. The molecule has 0 bridgehead atoms. The average molecular weight is 327 g/mol. The third-order valence-electron chi connectivity index (χ3n) is 3.68. The number of aldehydes is 1. The summed E-state index contributed by atoms with van der Waals surface area (Å²) >= 11 is 0. The number of nitrogens with one attached hydrogen (secondary N) is 1. The van der Waals surface area contributed by atoms with Crippen LogP contribution in [0.1, 0.15) is 28.9 Å². The molecule has 2 aromatic rings. The second-order valence-electron chi connectivity index (χ2n) is 5.35. The van der Waals surface area contributed by atoms with E-state index >= 15 is 0 Å². The molecule has 1 aliphatic rings. The summed E-state index contributed by atoms with van der Waals surface area (Å²) in [5.41, 5.74) is 1.31. The van der Waals surface area contributed by atoms with Crippen molar-refractivity contribution in [2.75, 3.05) is 13.4 Å². The van der Waals surface area contributed by atoms with Crippen molar-refractivity contribution in [1.82, 2.24) is 5.32 Å². The Kier molecular flexibility index (Phi) is 4.65. The smallest absolute Gasteiger partial charge is 0.258 e. The van der Waals surface area contributed by atoms with Gasteiger partial charge in [-0.15, -0.1) is 0 Å². The van der Waals surface area contributed by atoms with Crippen LogP contribution in [0.15, 0.2) is 42.5 Å². The molecule has 1 heterocycles. The van der Waals surface area contributed by atoms with E-state index in [0.29, 0.717) is 29.1 Å². The molecule has 1 atom stereocenters. The van der Waals surface area contributed by atoms with Gasteiger partial charge in [-0.2, -0.15) is 0 Å². The first kappa shape index (κ1) is 15.9. The molecular weight excluding hydrogens is 310 g/mol. The van der Waals surface area contributed by atoms with Gasteiger partial charge in [0.05, 0.1) is 11.6 Å². The van der Waals surface area contributed by atoms with Crippen molar-refractivity contribution in [2.45, 2.75) is 13.0 Å². The van der Waals surface area contributed by atoms with Crippen molar-refractivity contribution in [1.29, 1.82) is 0 Å². The minimum absolute atomic E-state index is 0.167. The van der Waals surface area contributed by atoms with Gasteiger partial charge in [0, 0.05) is 0 Å². The number of para-hydroxylation sites is 1. The van der Waals surface area contributed by atoms with E-state index in [0.717, 1.165) is 5.56 Å². The maximum atomic E-state index is 12.1. The Balaban J connectivity index is 1.57. The first-order valence-corrected chi connectivity index (χ1v) is 7.53. The lowest BCUT2D eigenvalue weighted by Crippen LogP contribution is -2.31. The minimum Gasteiger partial charge on any atom is -0.483 e. The molecule has 6 nitrogen and oxygen atoms in total. The molecule has 0 aromatic heterocycles. The fourth-order valence-corrected chi connectivity index (χ4v) is 2.40. The zero-order valence-electron chi connectivity index (χ0n) is 13.2. The Hall–Kier alpha value is -3.02. The highest BCUT2D eigenvalue weighted by Crippen LogP contribution is 2.34. The SMILES string of the molecule is C[C@@H](NC(=O)COc1ccccc1C=O)c1ccc2c(c1)OCO2. The van der Waals surface area contributed by atoms with Gasteiger partial charge in [0.1, 0.15) is 5.75 Å². The summed E-state index contributed by atoms with van der Waals surface area (Å²) in [6.07, 6.45) is 0.697. The molecule has 1 amide bonds. The molecule has 2 aromatic carbocycles. The standard InChI is InChI=1S/C18H17NO5/c1-12(13-6-7-16-17(8-13)24-11-23-16)19-18(21)10-22-15-5-3-2-4-14(15)9-20/h2-9,12H,10-11H2,1H3,(H,19,21)/t12-/m1/s1. The molecule has 0 radical (unpaired) electrons. The zero-order valence-corrected chi connectivity index (χ0v) is 13.2. The maximum absolute atomic E-state index is 12.1. The number of fused-ring (bicyclic) bond motifs is 1. The second-order valence-corrected chi connectivity index (χ2v) is 5.35. The third-order valence-corrected chi connectivity index (χ3v) is 3.68. The molecule has 124 valence electrons. The Bertz CT molecular complexity index is 759. The number of hydrogen-bond acceptors (Lipinski definition) is 5. The molecule has 1 N–H and O–H groups in total. The maximum Gasteiger partial charge on any atom is 0.258 e. The van der Waals surface area contributed by atoms with Crippen LogP contribution in [-0.2, 0) is 4.79 Å². The van der Waals surface area contributed by atoms with Gasteiger partial charge in [0.25, 0.3) is 5.91 Å². The molecule has 6 heteroatoms. The molecule has 0 saturated heterocycles. The number of rotatable bonds is 6. The molecule has 1 aliphatic heterocycles. The minimum atomic E-state index is -0.277. The highest BCUT2D eigenvalue weighted by molar-refractivity contribution is 5.81. The predicted octanol–water partition coefficient (Wildman–Crippen LogP) is 2.48. The Morgan fingerprint density at radius 3 is 2.88 bits per heavy atom. The summed E-state index contributed by atoms with van der Waals surface area (Å²) in [5, 5.41) is 2.85. The number of benzene rings is 2. The van der Waals surface area contributed by atoms with Gasteiger partial charge in [-0.3, -0.25) is 9.59 Å². The number of carbonyl (C=O) groups is 2. The summed E-state index contributed by atoms with van der Waals surface area (Å²) in [5.74, 6) is 1.48. The van der Waals surface area contributed by atoms with Crippen LogP contribution in [0.25, 0.3) is 0 Å². The van der Waals surface area contributed by atoms with Crippen molar-refractivity contribution in [2.24, 2.45) is 0 Å². The molecule has 3 rings (SSSR count). The van der Waals surface area contributed by atoms with E-state index in [1.54, 1.807) is 24.3 Å². The quantitative estimate of drug-likeness (QED) is 0.825. The Morgan fingerprint density at radius 1 is 1.25 bits per heavy atom. The largest absolute Gasteiger partial charge is 0.483 e. The lowest BCUT2D eigenvalue weighted by atomic mass is 10.1. The second kappa shape index (κ2) is 7.04. The van der Waals surface area contributed by atoms with Gasteiger partial charge in [-0.25, -0.2) is 0 Å². The summed E-state index contributed by atoms with van der Waals surface area (Å²) in [6, 6.07) is 12.1. The van der Waals surface area contributed by atoms with Gasteiger partial charge >= 0.3 is 0 Å². The summed E-state index contributed by atoms with van der Waals surface area (Å²) in [7, 11) is 0. The number of hydrogen-bond donors (Lipinski definition) is 1. The van der Waals surface area contributed by atoms with E-state index in [9.17, 15) is 9.59 Å². The number of amides is 1. The normalized spacial score (nSPS) is 13.2. The molecule has 0 unspecified atom stereocenters. The summed E-state index contributed by atoms with van der Waals surface area (Å²) in [4.78, 5) is 23.0. The summed E-state index contributed by atoms with van der Waals surface area (Å²) in [6.45, 7) is 1.91. The fraction of sp³-hybridized carbons (Fsp3) is 0.222. The Morgan fingerprint density at radius 2 is 2.04 bits per heavy atom. The van der Waals surface area contributed by atoms with E-state index < -0.39 is 0 Å². The van der Waals surface area contributed by atoms with Gasteiger partial charge in [0.15, 0.2) is 24.4 Å². The van der Waals surface area contributed by atoms with Gasteiger partial charge in [-0.05, 0) is 36.8 Å². The van der Waals surface area contributed by atoms with Crippen LogP contribution in [0.5, 0.6) is 17.2 Å². The van der Waals surface area contributed by atoms with Crippen LogP contribution in [-0.4, -0.2) is 25.6 Å². The van der Waals surface area contributed by atoms with Crippen molar-refractivity contribution < 1.29 is 23.8 Å². The van der Waals surface area contributed by atoms with Gasteiger partial charge < -0.3 is 19.5 Å². The first-order valence-electron chi connectivity index (χ1n) is 7.53. The zero-order chi connectivity index (χ0) is 16.9. The predicted molar refractivity (Wildman–Crippen MR) is 86.4 cm³/mol. The molecule has 24 heavy (non-hydrogen) atoms. The lowest BCUT2D eigenvalue weighted by molar-refractivity contribution is -0.123. The number of carbonyl (C=O) groups excluding carboxylic acids is 2. The summed E-state index contributed by atoms with van der Waals surface area (Å²) < 4.78 is 16.0. The molecule has 0 saturated carbocycles. The highest BCUT2D eigenvalue weighted by atomic mass is 16.7. The monoisotopic (exact) mass is 327 g/mol. The topological polar surface area (TPSA) is 73.9 Å². The molecule has 0 aliphatic carbocycles. The van der Waals surface area contributed by atoms with Crippen LogP contribution < -0.4 is 19.5 Å². The van der Waals surface area contributed by atoms with Gasteiger partial charge in [0.2, 0.25) is 6.79 Å². The van der Waals surface area contributed by atoms with Crippen LogP contribution in [0.4, 0.5) is 0 Å². The van der Waals surface area contributed by atoms with E-state index in [-0.39, 0.29) is 25.3 Å². The van der Waals surface area contributed by atoms with Gasteiger partial charge in [-0.1, -0.05) is 18.2 Å². The van der Waals surface area contributed by atoms with Crippen LogP contribution in [0.3, 0.4) is 0 Å². The van der Waals surface area contributed by atoms with Crippen molar-refractivity contribution in [3.8, 4) is 17.2 Å². The third kappa shape index (κ3) is 3.48. The molecule has 0 spiro atoms. The average Bonchev–Trinajstić information content (AvgIpc) is 3.07. The van der Waals surface area contributed by atoms with Crippen molar-refractivity contribution >= 4 is 12.2 Å². The van der Waals surface area contributed by atoms with Crippen LogP contribution in [0, 0.1) is 0 Å². The lowest BCUT2D eigenvalue weighted by Gasteiger charge is -2.15. The highest BCUT2D eigenvalue weighted by Gasteiger charge is 2.17. The first-order chi connectivity index (χ1) is 11.7.